The number of anilines is 1. The summed E-state index contributed by atoms with van der Waals surface area (Å²) >= 11 is 0. The number of benzene rings is 1. The van der Waals surface area contributed by atoms with Crippen molar-refractivity contribution in [3.8, 4) is 0 Å². The molecule has 184 valence electrons. The average molecular weight is 468 g/mol. The van der Waals surface area contributed by atoms with E-state index < -0.39 is 0 Å². The summed E-state index contributed by atoms with van der Waals surface area (Å²) in [5, 5.41) is 0. The number of hydrogen-bond acceptors (Lipinski definition) is 5. The van der Waals surface area contributed by atoms with Crippen molar-refractivity contribution >= 4 is 29.8 Å². The number of rotatable bonds is 15. The van der Waals surface area contributed by atoms with Gasteiger partial charge in [0.15, 0.2) is 12.4 Å². The molecule has 0 unspecified atom stereocenters. The standard InChI is InChI=1S/C28H39N2O4/c1-4-7-8-9-10-19-29-20-17-25(18-21-29)12-11-24-13-15-26(16-14-24)30(22-27(31)33-5-2)23-28(32)34-6-3/h11-18,20-21H,4-10,19,22-23H2,1-3H3/q+1. The molecule has 0 fully saturated rings. The Balaban J connectivity index is 1.96. The van der Waals surface area contributed by atoms with Gasteiger partial charge in [0.25, 0.3) is 0 Å². The third kappa shape index (κ3) is 10.2. The van der Waals surface area contributed by atoms with Crippen LogP contribution in [0.4, 0.5) is 5.69 Å². The lowest BCUT2D eigenvalue weighted by Gasteiger charge is -2.22. The Morgan fingerprint density at radius 2 is 1.29 bits per heavy atom. The molecule has 2 aromatic rings. The van der Waals surface area contributed by atoms with E-state index in [0.717, 1.165) is 23.4 Å². The highest BCUT2D eigenvalue weighted by atomic mass is 16.5. The predicted molar refractivity (Wildman–Crippen MR) is 136 cm³/mol. The largest absolute Gasteiger partial charge is 0.465 e. The van der Waals surface area contributed by atoms with E-state index in [4.69, 9.17) is 9.47 Å². The van der Waals surface area contributed by atoms with Crippen LogP contribution in [0.2, 0.25) is 0 Å². The quantitative estimate of drug-likeness (QED) is 0.208. The van der Waals surface area contributed by atoms with E-state index in [9.17, 15) is 9.59 Å². The molecular formula is C28H39N2O4+. The zero-order valence-corrected chi connectivity index (χ0v) is 20.9. The summed E-state index contributed by atoms with van der Waals surface area (Å²) in [6.07, 6.45) is 14.8. The molecule has 0 bridgehead atoms. The van der Waals surface area contributed by atoms with Gasteiger partial charge in [-0.05, 0) is 43.5 Å². The Morgan fingerprint density at radius 1 is 0.765 bits per heavy atom. The number of hydrogen-bond donors (Lipinski definition) is 0. The van der Waals surface area contributed by atoms with E-state index in [1.165, 1.54) is 32.1 Å². The molecule has 0 atom stereocenters. The second-order valence-corrected chi connectivity index (χ2v) is 8.17. The summed E-state index contributed by atoms with van der Waals surface area (Å²) in [7, 11) is 0. The smallest absolute Gasteiger partial charge is 0.325 e. The summed E-state index contributed by atoms with van der Waals surface area (Å²) in [4.78, 5) is 25.6. The average Bonchev–Trinajstić information content (AvgIpc) is 2.83. The molecular weight excluding hydrogens is 428 g/mol. The molecule has 0 spiro atoms. The molecule has 0 aliphatic carbocycles. The Morgan fingerprint density at radius 3 is 1.82 bits per heavy atom. The molecule has 6 heteroatoms. The molecule has 34 heavy (non-hydrogen) atoms. The molecule has 1 aromatic heterocycles. The van der Waals surface area contributed by atoms with E-state index in [1.54, 1.807) is 18.7 Å². The fourth-order valence-electron chi connectivity index (χ4n) is 3.58. The van der Waals surface area contributed by atoms with Gasteiger partial charge in [0, 0.05) is 24.2 Å². The first-order valence-corrected chi connectivity index (χ1v) is 12.4. The minimum Gasteiger partial charge on any atom is -0.465 e. The zero-order chi connectivity index (χ0) is 24.6. The molecule has 0 saturated carbocycles. The van der Waals surface area contributed by atoms with Crippen molar-refractivity contribution in [1.29, 1.82) is 0 Å². The van der Waals surface area contributed by atoms with Gasteiger partial charge >= 0.3 is 11.9 Å². The summed E-state index contributed by atoms with van der Waals surface area (Å²) in [6.45, 7) is 7.40. The molecule has 6 nitrogen and oxygen atoms in total. The number of aryl methyl sites for hydroxylation is 1. The lowest BCUT2D eigenvalue weighted by molar-refractivity contribution is -0.697. The van der Waals surface area contributed by atoms with Gasteiger partial charge in [-0.25, -0.2) is 4.57 Å². The molecule has 1 heterocycles. The summed E-state index contributed by atoms with van der Waals surface area (Å²) in [6, 6.07) is 12.0. The SMILES string of the molecule is CCCCCCC[n+]1ccc(/C=C/c2ccc(N(CC(=O)OCC)CC(=O)OCC)cc2)cc1. The van der Waals surface area contributed by atoms with Gasteiger partial charge < -0.3 is 14.4 Å². The van der Waals surface area contributed by atoms with Gasteiger partial charge in [-0.3, -0.25) is 9.59 Å². The van der Waals surface area contributed by atoms with E-state index in [1.807, 2.05) is 24.3 Å². The van der Waals surface area contributed by atoms with Crippen molar-refractivity contribution in [2.24, 2.45) is 0 Å². The highest BCUT2D eigenvalue weighted by molar-refractivity contribution is 5.81. The fourth-order valence-corrected chi connectivity index (χ4v) is 3.58. The minimum atomic E-state index is -0.377. The Bertz CT molecular complexity index is 872. The van der Waals surface area contributed by atoms with Crippen LogP contribution in [0, 0.1) is 0 Å². The molecule has 1 aromatic carbocycles. The maximum Gasteiger partial charge on any atom is 0.325 e. The number of ether oxygens (including phenoxy) is 2. The minimum absolute atomic E-state index is 0.00946. The number of esters is 2. The second-order valence-electron chi connectivity index (χ2n) is 8.17. The van der Waals surface area contributed by atoms with Gasteiger partial charge in [-0.2, -0.15) is 0 Å². The van der Waals surface area contributed by atoms with Gasteiger partial charge in [-0.1, -0.05) is 50.5 Å². The molecule has 0 saturated heterocycles. The first kappa shape index (κ1) is 27.1. The highest BCUT2D eigenvalue weighted by Crippen LogP contribution is 2.17. The van der Waals surface area contributed by atoms with Crippen molar-refractivity contribution in [3.63, 3.8) is 0 Å². The van der Waals surface area contributed by atoms with Crippen LogP contribution in [-0.2, 0) is 25.6 Å². The molecule has 0 aliphatic heterocycles. The third-order valence-corrected chi connectivity index (χ3v) is 5.41. The third-order valence-electron chi connectivity index (χ3n) is 5.41. The van der Waals surface area contributed by atoms with E-state index >= 15 is 0 Å². The van der Waals surface area contributed by atoms with Gasteiger partial charge in [0.1, 0.15) is 19.6 Å². The number of carbonyl (C=O) groups excluding carboxylic acids is 2. The fraction of sp³-hybridized carbons (Fsp3) is 0.464. The summed E-state index contributed by atoms with van der Waals surface area (Å²) < 4.78 is 12.3. The predicted octanol–water partition coefficient (Wildman–Crippen LogP) is 5.05. The second kappa shape index (κ2) is 15.6. The van der Waals surface area contributed by atoms with Crippen LogP contribution in [0.5, 0.6) is 0 Å². The van der Waals surface area contributed by atoms with Gasteiger partial charge in [-0.15, -0.1) is 0 Å². The molecule has 2 rings (SSSR count). The number of aromatic nitrogens is 1. The topological polar surface area (TPSA) is 59.7 Å². The van der Waals surface area contributed by atoms with Crippen molar-refractivity contribution in [1.82, 2.24) is 0 Å². The van der Waals surface area contributed by atoms with E-state index in [-0.39, 0.29) is 25.0 Å². The lowest BCUT2D eigenvalue weighted by Crippen LogP contribution is -2.36. The lowest BCUT2D eigenvalue weighted by atomic mass is 10.1. The maximum absolute atomic E-state index is 12.0. The van der Waals surface area contributed by atoms with Crippen LogP contribution in [0.3, 0.4) is 0 Å². The highest BCUT2D eigenvalue weighted by Gasteiger charge is 2.16. The van der Waals surface area contributed by atoms with E-state index in [2.05, 4.69) is 48.2 Å². The van der Waals surface area contributed by atoms with Crippen LogP contribution < -0.4 is 9.47 Å². The van der Waals surface area contributed by atoms with Crippen LogP contribution in [0.25, 0.3) is 12.2 Å². The number of nitrogens with zero attached hydrogens (tertiary/aromatic N) is 2. The maximum atomic E-state index is 12.0. The molecule has 0 aliphatic rings. The Labute approximate surface area is 204 Å². The van der Waals surface area contributed by atoms with Gasteiger partial charge in [0.2, 0.25) is 0 Å². The number of pyridine rings is 1. The van der Waals surface area contributed by atoms with Crippen molar-refractivity contribution in [3.05, 3.63) is 59.9 Å². The van der Waals surface area contributed by atoms with Crippen LogP contribution in [0.15, 0.2) is 48.8 Å². The Kier molecular flexibility index (Phi) is 12.5. The number of unbranched alkanes of at least 4 members (excludes halogenated alkanes) is 4. The van der Waals surface area contributed by atoms with Crippen LogP contribution in [-0.4, -0.2) is 38.2 Å². The first-order valence-electron chi connectivity index (χ1n) is 12.4. The van der Waals surface area contributed by atoms with Crippen molar-refractivity contribution in [2.45, 2.75) is 59.4 Å². The van der Waals surface area contributed by atoms with Crippen molar-refractivity contribution in [2.75, 3.05) is 31.2 Å². The molecule has 0 N–H and O–H groups in total. The van der Waals surface area contributed by atoms with Crippen LogP contribution >= 0.6 is 0 Å². The summed E-state index contributed by atoms with van der Waals surface area (Å²) in [5.41, 5.74) is 2.93. The van der Waals surface area contributed by atoms with E-state index in [0.29, 0.717) is 13.2 Å². The molecule has 0 radical (unpaired) electrons. The summed E-state index contributed by atoms with van der Waals surface area (Å²) in [5.74, 6) is -0.754. The van der Waals surface area contributed by atoms with Crippen molar-refractivity contribution < 1.29 is 23.6 Å². The van der Waals surface area contributed by atoms with Gasteiger partial charge in [0.05, 0.1) is 13.2 Å². The van der Waals surface area contributed by atoms with Crippen LogP contribution in [0.1, 0.15) is 64.0 Å². The monoisotopic (exact) mass is 467 g/mol. The number of carbonyl (C=O) groups is 2. The normalized spacial score (nSPS) is 10.9. The zero-order valence-electron chi connectivity index (χ0n) is 20.9. The molecule has 0 amide bonds. The Hall–Kier alpha value is -3.15. The first-order chi connectivity index (χ1) is 16.5.